The molecule has 0 radical (unpaired) electrons. The minimum atomic E-state index is -3.03. The maximum absolute atomic E-state index is 7.50. The van der Waals surface area contributed by atoms with E-state index in [0.717, 1.165) is 44.5 Å². The van der Waals surface area contributed by atoms with Gasteiger partial charge in [0, 0.05) is 10.8 Å². The highest BCUT2D eigenvalue weighted by atomic mass is 28.3. The Bertz CT molecular complexity index is 1920. The van der Waals surface area contributed by atoms with Gasteiger partial charge < -0.3 is 13.9 Å². The molecule has 0 saturated heterocycles. The number of rotatable bonds is 4. The van der Waals surface area contributed by atoms with Gasteiger partial charge in [-0.25, -0.2) is 0 Å². The van der Waals surface area contributed by atoms with Gasteiger partial charge in [0.15, 0.2) is 5.76 Å². The summed E-state index contributed by atoms with van der Waals surface area (Å²) in [4.78, 5) is 0. The molecule has 0 aliphatic carbocycles. The second-order valence-corrected chi connectivity index (χ2v) is 15.2. The van der Waals surface area contributed by atoms with Crippen LogP contribution in [0.15, 0.2) is 174 Å². The molecule has 0 N–H and O–H groups in total. The Morgan fingerprint density at radius 3 is 1.49 bits per heavy atom. The first-order chi connectivity index (χ1) is 22.3. The summed E-state index contributed by atoms with van der Waals surface area (Å²) in [6, 6.07) is 59.6. The standard InChI is InChI=1S/C41H28O3Si/c1-5-17-29(18-6-1)41(30-19-7-2-8-20-30)33-25-13-14-26-34(33)42-37-38-40(44-39(37)41)45(31-21-9-3-10-22-31,32-23-11-4-12-24-32)36-28-16-15-27-35(36)43-38/h1-28H. The first kappa shape index (κ1) is 25.9. The Morgan fingerprint density at radius 1 is 0.422 bits per heavy atom. The molecule has 0 bridgehead atoms. The van der Waals surface area contributed by atoms with Gasteiger partial charge in [-0.15, -0.1) is 0 Å². The fraction of sp³-hybridized carbons (Fsp3) is 0.0244. The number of para-hydroxylation sites is 2. The van der Waals surface area contributed by atoms with Gasteiger partial charge in [-0.05, 0) is 33.6 Å². The maximum atomic E-state index is 7.50. The van der Waals surface area contributed by atoms with Gasteiger partial charge in [-0.3, -0.25) is 0 Å². The molecule has 0 amide bonds. The Balaban J connectivity index is 1.47. The lowest BCUT2D eigenvalue weighted by Crippen LogP contribution is -2.75. The SMILES string of the molecule is c1ccc(C2(c3ccccc3)c3ccccc3Oc3c2oc2c3Oc3ccccc3[Si]2(c2ccccc2)c2ccccc2)cc1. The average Bonchev–Trinajstić information content (AvgIpc) is 3.49. The zero-order valence-corrected chi connectivity index (χ0v) is 25.4. The van der Waals surface area contributed by atoms with E-state index in [-0.39, 0.29) is 0 Å². The summed E-state index contributed by atoms with van der Waals surface area (Å²) in [5.74, 6) is 3.65. The van der Waals surface area contributed by atoms with Crippen LogP contribution in [-0.2, 0) is 5.41 Å². The largest absolute Gasteiger partial charge is 0.460 e. The van der Waals surface area contributed by atoms with E-state index in [0.29, 0.717) is 11.5 Å². The first-order valence-electron chi connectivity index (χ1n) is 15.3. The number of hydrogen-bond donors (Lipinski definition) is 0. The van der Waals surface area contributed by atoms with Crippen molar-refractivity contribution in [2.45, 2.75) is 5.41 Å². The Kier molecular flexibility index (Phi) is 5.74. The molecule has 0 atom stereocenters. The second kappa shape index (κ2) is 9.98. The summed E-state index contributed by atoms with van der Waals surface area (Å²) in [7, 11) is -3.03. The highest BCUT2D eigenvalue weighted by molar-refractivity contribution is 7.20. The Hall–Kier alpha value is -5.58. The van der Waals surface area contributed by atoms with Crippen molar-refractivity contribution >= 4 is 29.0 Å². The predicted molar refractivity (Wildman–Crippen MR) is 181 cm³/mol. The van der Waals surface area contributed by atoms with Crippen LogP contribution in [0.3, 0.4) is 0 Å². The van der Waals surface area contributed by atoms with Crippen LogP contribution in [0.4, 0.5) is 0 Å². The monoisotopic (exact) mass is 596 g/mol. The molecule has 3 heterocycles. The molecule has 6 aromatic carbocycles. The maximum Gasteiger partial charge on any atom is 0.232 e. The van der Waals surface area contributed by atoms with Crippen LogP contribution < -0.4 is 30.4 Å². The van der Waals surface area contributed by atoms with Crippen LogP contribution >= 0.6 is 0 Å². The van der Waals surface area contributed by atoms with Gasteiger partial charge in [0.25, 0.3) is 0 Å². The molecule has 0 fully saturated rings. The normalized spacial score (nSPS) is 14.9. The molecule has 7 aromatic rings. The van der Waals surface area contributed by atoms with Crippen LogP contribution in [0.1, 0.15) is 22.5 Å². The van der Waals surface area contributed by atoms with E-state index in [2.05, 4.69) is 152 Å². The molecule has 0 saturated carbocycles. The smallest absolute Gasteiger partial charge is 0.232 e. The highest BCUT2D eigenvalue weighted by Crippen LogP contribution is 2.59. The number of fused-ring (bicyclic) bond motifs is 5. The summed E-state index contributed by atoms with van der Waals surface area (Å²) in [6.07, 6.45) is 0. The lowest BCUT2D eigenvalue weighted by molar-refractivity contribution is 0.374. The third kappa shape index (κ3) is 3.51. The van der Waals surface area contributed by atoms with Crippen LogP contribution in [-0.4, -0.2) is 8.07 Å². The van der Waals surface area contributed by atoms with Gasteiger partial charge in [0.05, 0.1) is 0 Å². The molecule has 3 nitrogen and oxygen atoms in total. The van der Waals surface area contributed by atoms with Crippen molar-refractivity contribution < 1.29 is 13.9 Å². The Labute approximate surface area is 263 Å². The van der Waals surface area contributed by atoms with Crippen molar-refractivity contribution in [2.75, 3.05) is 0 Å². The molecule has 1 aromatic heterocycles. The van der Waals surface area contributed by atoms with Gasteiger partial charge in [-0.1, -0.05) is 158 Å². The molecule has 2 aliphatic rings. The van der Waals surface area contributed by atoms with Crippen LogP contribution in [0.5, 0.6) is 23.0 Å². The fourth-order valence-corrected chi connectivity index (χ4v) is 12.2. The van der Waals surface area contributed by atoms with Crippen LogP contribution in [0, 0.1) is 0 Å². The molecular weight excluding hydrogens is 569 g/mol. The summed E-state index contributed by atoms with van der Waals surface area (Å²) in [5, 5.41) is 4.44. The first-order valence-corrected chi connectivity index (χ1v) is 17.3. The molecule has 4 heteroatoms. The van der Waals surface area contributed by atoms with Gasteiger partial charge in [0.2, 0.25) is 19.6 Å². The van der Waals surface area contributed by atoms with Gasteiger partial charge in [-0.2, -0.15) is 0 Å². The number of benzene rings is 6. The predicted octanol–water partition coefficient (Wildman–Crippen LogP) is 7.25. The van der Waals surface area contributed by atoms with Crippen molar-refractivity contribution in [1.29, 1.82) is 0 Å². The summed E-state index contributed by atoms with van der Waals surface area (Å²) in [5.41, 5.74) is 2.45. The molecule has 0 unspecified atom stereocenters. The molecule has 9 rings (SSSR count). The summed E-state index contributed by atoms with van der Waals surface area (Å²) >= 11 is 0. The quantitative estimate of drug-likeness (QED) is 0.201. The summed E-state index contributed by atoms with van der Waals surface area (Å²) in [6.45, 7) is 0. The zero-order valence-electron chi connectivity index (χ0n) is 24.4. The lowest BCUT2D eigenvalue weighted by atomic mass is 9.66. The third-order valence-electron chi connectivity index (χ3n) is 9.34. The van der Waals surface area contributed by atoms with Crippen molar-refractivity contribution in [1.82, 2.24) is 0 Å². The van der Waals surface area contributed by atoms with Crippen LogP contribution in [0.2, 0.25) is 0 Å². The fourth-order valence-electron chi connectivity index (χ4n) is 7.51. The van der Waals surface area contributed by atoms with Crippen molar-refractivity contribution in [3.8, 4) is 23.0 Å². The second-order valence-electron chi connectivity index (χ2n) is 11.6. The zero-order chi connectivity index (χ0) is 29.8. The van der Waals surface area contributed by atoms with E-state index >= 15 is 0 Å². The Morgan fingerprint density at radius 2 is 0.889 bits per heavy atom. The van der Waals surface area contributed by atoms with E-state index in [1.807, 2.05) is 18.2 Å². The van der Waals surface area contributed by atoms with Gasteiger partial charge >= 0.3 is 0 Å². The number of furan rings is 1. The topological polar surface area (TPSA) is 31.6 Å². The van der Waals surface area contributed by atoms with E-state index in [4.69, 9.17) is 13.9 Å². The van der Waals surface area contributed by atoms with Gasteiger partial charge in [0.1, 0.15) is 22.3 Å². The van der Waals surface area contributed by atoms with E-state index < -0.39 is 13.5 Å². The number of hydrogen-bond acceptors (Lipinski definition) is 3. The third-order valence-corrected chi connectivity index (χ3v) is 14.0. The molecule has 0 spiro atoms. The lowest BCUT2D eigenvalue weighted by Gasteiger charge is -2.38. The number of ether oxygens (including phenoxy) is 2. The van der Waals surface area contributed by atoms with Crippen LogP contribution in [0.25, 0.3) is 0 Å². The minimum Gasteiger partial charge on any atom is -0.460 e. The molecule has 45 heavy (non-hydrogen) atoms. The molecular formula is C41H28O3Si. The van der Waals surface area contributed by atoms with Crippen molar-refractivity contribution in [3.63, 3.8) is 0 Å². The van der Waals surface area contributed by atoms with Crippen molar-refractivity contribution in [3.05, 3.63) is 192 Å². The molecule has 214 valence electrons. The van der Waals surface area contributed by atoms with E-state index in [1.54, 1.807) is 0 Å². The van der Waals surface area contributed by atoms with E-state index in [9.17, 15) is 0 Å². The van der Waals surface area contributed by atoms with Crippen molar-refractivity contribution in [2.24, 2.45) is 0 Å². The highest BCUT2D eigenvalue weighted by Gasteiger charge is 2.57. The minimum absolute atomic E-state index is 0.634. The average molecular weight is 597 g/mol. The molecule has 2 aliphatic heterocycles. The summed E-state index contributed by atoms with van der Waals surface area (Å²) < 4.78 is 21.3. The van der Waals surface area contributed by atoms with E-state index in [1.165, 1.54) is 10.4 Å².